The number of urea groups is 1. The number of nitrogens with zero attached hydrogens (tertiary/aromatic N) is 1. The average Bonchev–Trinajstić information content (AvgIpc) is 2.36. The number of amides is 2. The number of halogens is 3. The number of anilines is 1. The van der Waals surface area contributed by atoms with E-state index in [-0.39, 0.29) is 11.3 Å². The van der Waals surface area contributed by atoms with Crippen molar-refractivity contribution in [1.82, 2.24) is 4.90 Å². The normalized spacial score (nSPS) is 10.9. The maximum Gasteiger partial charge on any atom is 0.416 e. The summed E-state index contributed by atoms with van der Waals surface area (Å²) in [6.07, 6.45) is -4.59. The van der Waals surface area contributed by atoms with E-state index in [0.29, 0.717) is 6.07 Å². The van der Waals surface area contributed by atoms with Crippen molar-refractivity contribution in [2.45, 2.75) is 6.18 Å². The van der Waals surface area contributed by atoms with Gasteiger partial charge in [-0.25, -0.2) is 9.59 Å². The van der Waals surface area contributed by atoms with E-state index in [0.717, 1.165) is 19.2 Å². The Balaban J connectivity index is 3.24. The second-order valence-electron chi connectivity index (χ2n) is 4.07. The number of benzene rings is 1. The molecule has 2 amide bonds. The smallest absolute Gasteiger partial charge is 0.416 e. The third-order valence-electron chi connectivity index (χ3n) is 2.40. The lowest BCUT2D eigenvalue weighted by Gasteiger charge is -2.16. The molecule has 110 valence electrons. The summed E-state index contributed by atoms with van der Waals surface area (Å²) in [5, 5.41) is 2.32. The quantitative estimate of drug-likeness (QED) is 0.852. The molecule has 1 aromatic carbocycles. The fourth-order valence-corrected chi connectivity index (χ4v) is 1.34. The maximum atomic E-state index is 12.6. The number of carbonyl (C=O) groups is 2. The number of carbonyl (C=O) groups excluding carboxylic acids is 2. The summed E-state index contributed by atoms with van der Waals surface area (Å²) in [4.78, 5) is 24.2. The van der Waals surface area contributed by atoms with Gasteiger partial charge in [0.2, 0.25) is 0 Å². The van der Waals surface area contributed by atoms with Crippen LogP contribution in [-0.2, 0) is 10.9 Å². The first kappa shape index (κ1) is 15.8. The predicted octanol–water partition coefficient (Wildman–Crippen LogP) is 2.59. The topological polar surface area (TPSA) is 58.6 Å². The molecule has 0 atom stereocenters. The van der Waals surface area contributed by atoms with Gasteiger partial charge in [0, 0.05) is 14.1 Å². The standard InChI is InChI=1S/C12H13F3N2O3/c1-17(2)11(19)16-9-5-4-7(12(13,14)15)6-8(9)10(18)20-3/h4-6H,1-3H3,(H,16,19). The minimum atomic E-state index is -4.59. The fraction of sp³-hybridized carbons (Fsp3) is 0.333. The zero-order valence-electron chi connectivity index (χ0n) is 11.0. The summed E-state index contributed by atoms with van der Waals surface area (Å²) in [5.74, 6) is -0.967. The number of hydrogen-bond donors (Lipinski definition) is 1. The number of esters is 1. The van der Waals surface area contributed by atoms with Crippen LogP contribution in [0, 0.1) is 0 Å². The lowest BCUT2D eigenvalue weighted by molar-refractivity contribution is -0.137. The molecule has 0 aliphatic carbocycles. The zero-order valence-corrected chi connectivity index (χ0v) is 11.0. The van der Waals surface area contributed by atoms with Crippen molar-refractivity contribution in [2.75, 3.05) is 26.5 Å². The van der Waals surface area contributed by atoms with E-state index in [4.69, 9.17) is 0 Å². The van der Waals surface area contributed by atoms with Crippen LogP contribution in [0.1, 0.15) is 15.9 Å². The highest BCUT2D eigenvalue weighted by atomic mass is 19.4. The van der Waals surface area contributed by atoms with Gasteiger partial charge in [-0.15, -0.1) is 0 Å². The molecule has 0 aliphatic heterocycles. The van der Waals surface area contributed by atoms with Gasteiger partial charge in [0.1, 0.15) is 0 Å². The van der Waals surface area contributed by atoms with Crippen molar-refractivity contribution in [3.63, 3.8) is 0 Å². The molecule has 0 saturated heterocycles. The Morgan fingerprint density at radius 2 is 1.85 bits per heavy atom. The molecule has 5 nitrogen and oxygen atoms in total. The molecule has 0 aliphatic rings. The first-order valence-electron chi connectivity index (χ1n) is 5.44. The van der Waals surface area contributed by atoms with Crippen LogP contribution in [0.2, 0.25) is 0 Å². The molecular formula is C12H13F3N2O3. The lowest BCUT2D eigenvalue weighted by atomic mass is 10.1. The summed E-state index contributed by atoms with van der Waals surface area (Å²) in [5.41, 5.74) is -1.41. The van der Waals surface area contributed by atoms with E-state index in [9.17, 15) is 22.8 Å². The number of methoxy groups -OCH3 is 1. The first-order valence-corrected chi connectivity index (χ1v) is 5.44. The van der Waals surface area contributed by atoms with Crippen LogP contribution >= 0.6 is 0 Å². The van der Waals surface area contributed by atoms with Crippen LogP contribution in [0.15, 0.2) is 18.2 Å². The minimum Gasteiger partial charge on any atom is -0.465 e. The van der Waals surface area contributed by atoms with Crippen LogP contribution < -0.4 is 5.32 Å². The van der Waals surface area contributed by atoms with Gasteiger partial charge in [-0.1, -0.05) is 0 Å². The van der Waals surface area contributed by atoms with Gasteiger partial charge < -0.3 is 15.0 Å². The number of hydrogen-bond acceptors (Lipinski definition) is 3. The van der Waals surface area contributed by atoms with E-state index in [2.05, 4.69) is 10.1 Å². The van der Waals surface area contributed by atoms with Crippen LogP contribution in [-0.4, -0.2) is 38.1 Å². The van der Waals surface area contributed by atoms with Crippen molar-refractivity contribution < 1.29 is 27.5 Å². The molecule has 0 bridgehead atoms. The Bertz CT molecular complexity index is 527. The monoisotopic (exact) mass is 290 g/mol. The average molecular weight is 290 g/mol. The highest BCUT2D eigenvalue weighted by molar-refractivity contribution is 6.00. The summed E-state index contributed by atoms with van der Waals surface area (Å²) >= 11 is 0. The third kappa shape index (κ3) is 3.62. The molecule has 0 fully saturated rings. The molecule has 0 heterocycles. The van der Waals surface area contributed by atoms with Gasteiger partial charge in [0.15, 0.2) is 0 Å². The van der Waals surface area contributed by atoms with Gasteiger partial charge >= 0.3 is 18.2 Å². The Morgan fingerprint density at radius 3 is 2.30 bits per heavy atom. The van der Waals surface area contributed by atoms with E-state index in [1.807, 2.05) is 0 Å². The van der Waals surface area contributed by atoms with Gasteiger partial charge in [-0.05, 0) is 18.2 Å². The Kier molecular flexibility index (Phi) is 4.59. The van der Waals surface area contributed by atoms with Crippen LogP contribution in [0.4, 0.5) is 23.7 Å². The van der Waals surface area contributed by atoms with E-state index >= 15 is 0 Å². The molecular weight excluding hydrogens is 277 g/mol. The first-order chi connectivity index (χ1) is 9.16. The summed E-state index contributed by atoms with van der Waals surface area (Å²) in [7, 11) is 3.95. The van der Waals surface area contributed by atoms with Crippen LogP contribution in [0.3, 0.4) is 0 Å². The lowest BCUT2D eigenvalue weighted by Crippen LogP contribution is -2.28. The molecule has 0 unspecified atom stereocenters. The number of rotatable bonds is 2. The Labute approximate surface area is 113 Å². The summed E-state index contributed by atoms with van der Waals surface area (Å²) in [6, 6.07) is 1.85. The number of ether oxygens (including phenoxy) is 1. The van der Waals surface area contributed by atoms with Gasteiger partial charge in [-0.3, -0.25) is 0 Å². The van der Waals surface area contributed by atoms with Gasteiger partial charge in [-0.2, -0.15) is 13.2 Å². The molecule has 1 rings (SSSR count). The number of alkyl halides is 3. The minimum absolute atomic E-state index is 0.0523. The van der Waals surface area contributed by atoms with Crippen molar-refractivity contribution in [3.8, 4) is 0 Å². The van der Waals surface area contributed by atoms with E-state index in [1.165, 1.54) is 19.0 Å². The molecule has 20 heavy (non-hydrogen) atoms. The molecule has 1 N–H and O–H groups in total. The summed E-state index contributed by atoms with van der Waals surface area (Å²) in [6.45, 7) is 0. The molecule has 1 aromatic rings. The van der Waals surface area contributed by atoms with Gasteiger partial charge in [0.25, 0.3) is 0 Å². The molecule has 8 heteroatoms. The van der Waals surface area contributed by atoms with Crippen LogP contribution in [0.25, 0.3) is 0 Å². The maximum absolute atomic E-state index is 12.6. The largest absolute Gasteiger partial charge is 0.465 e. The molecule has 0 aromatic heterocycles. The van der Waals surface area contributed by atoms with Crippen LogP contribution in [0.5, 0.6) is 0 Å². The van der Waals surface area contributed by atoms with E-state index < -0.39 is 23.7 Å². The molecule has 0 spiro atoms. The summed E-state index contributed by atoms with van der Waals surface area (Å²) < 4.78 is 42.2. The number of nitrogens with one attached hydrogen (secondary N) is 1. The second kappa shape index (κ2) is 5.81. The van der Waals surface area contributed by atoms with Crippen molar-refractivity contribution in [2.24, 2.45) is 0 Å². The van der Waals surface area contributed by atoms with Crippen molar-refractivity contribution >= 4 is 17.7 Å². The second-order valence-corrected chi connectivity index (χ2v) is 4.07. The molecule has 0 saturated carbocycles. The Morgan fingerprint density at radius 1 is 1.25 bits per heavy atom. The van der Waals surface area contributed by atoms with Crippen molar-refractivity contribution in [1.29, 1.82) is 0 Å². The van der Waals surface area contributed by atoms with E-state index in [1.54, 1.807) is 0 Å². The molecule has 0 radical (unpaired) electrons. The highest BCUT2D eigenvalue weighted by Crippen LogP contribution is 2.32. The predicted molar refractivity (Wildman–Crippen MR) is 65.5 cm³/mol. The van der Waals surface area contributed by atoms with Gasteiger partial charge in [0.05, 0.1) is 23.9 Å². The Hall–Kier alpha value is -2.25. The zero-order chi connectivity index (χ0) is 15.5. The SMILES string of the molecule is COC(=O)c1cc(C(F)(F)F)ccc1NC(=O)N(C)C. The fourth-order valence-electron chi connectivity index (χ4n) is 1.34. The van der Waals surface area contributed by atoms with Crippen molar-refractivity contribution in [3.05, 3.63) is 29.3 Å². The third-order valence-corrected chi connectivity index (χ3v) is 2.40. The highest BCUT2D eigenvalue weighted by Gasteiger charge is 2.32.